The number of hydrogen-bond acceptors (Lipinski definition) is 5. The maximum atomic E-state index is 12.6. The zero-order valence-corrected chi connectivity index (χ0v) is 20.0. The number of carbonyl (C=O) groups is 2. The molecule has 0 aromatic carbocycles. The van der Waals surface area contributed by atoms with Gasteiger partial charge in [0.1, 0.15) is 0 Å². The Hall–Kier alpha value is -3.49. The van der Waals surface area contributed by atoms with Gasteiger partial charge in [0, 0.05) is 74.8 Å². The van der Waals surface area contributed by atoms with Gasteiger partial charge in [-0.05, 0) is 38.7 Å². The van der Waals surface area contributed by atoms with Crippen molar-refractivity contribution in [3.8, 4) is 0 Å². The van der Waals surface area contributed by atoms with E-state index in [1.54, 1.807) is 18.6 Å². The van der Waals surface area contributed by atoms with Crippen LogP contribution in [-0.4, -0.2) is 60.5 Å². The highest BCUT2D eigenvalue weighted by Gasteiger charge is 2.26. The number of carbonyl (C=O) groups excluding carboxylic acids is 2. The summed E-state index contributed by atoms with van der Waals surface area (Å²) in [5.41, 5.74) is 4.89. The molecule has 0 aliphatic carbocycles. The minimum atomic E-state index is 0.00582. The number of imidazole rings is 1. The molecule has 0 bridgehead atoms. The number of hydrogen-bond donors (Lipinski definition) is 1. The van der Waals surface area contributed by atoms with Crippen molar-refractivity contribution in [2.24, 2.45) is 0 Å². The fraction of sp³-hybridized carbons (Fsp3) is 0.480. The zero-order chi connectivity index (χ0) is 24.1. The minimum Gasteiger partial charge on any atom is -0.353 e. The van der Waals surface area contributed by atoms with Crippen LogP contribution in [0.4, 0.5) is 0 Å². The molecule has 0 radical (unpaired) electrons. The number of aromatic nitrogens is 5. The molecule has 3 aromatic heterocycles. The number of nitrogens with one attached hydrogen (secondary N) is 1. The molecular formula is C25H33N7O2. The summed E-state index contributed by atoms with van der Waals surface area (Å²) in [5, 5.41) is 7.70. The van der Waals surface area contributed by atoms with Gasteiger partial charge in [-0.25, -0.2) is 14.5 Å². The van der Waals surface area contributed by atoms with Crippen LogP contribution in [0, 0.1) is 13.8 Å². The molecule has 3 aromatic rings. The van der Waals surface area contributed by atoms with Crippen LogP contribution in [0.3, 0.4) is 0 Å². The summed E-state index contributed by atoms with van der Waals surface area (Å²) in [4.78, 5) is 35.4. The van der Waals surface area contributed by atoms with Crippen LogP contribution in [0.15, 0.2) is 37.4 Å². The highest BCUT2D eigenvalue weighted by Crippen LogP contribution is 2.29. The van der Waals surface area contributed by atoms with E-state index in [1.165, 1.54) is 0 Å². The van der Waals surface area contributed by atoms with Gasteiger partial charge in [0.25, 0.3) is 0 Å². The van der Waals surface area contributed by atoms with Crippen molar-refractivity contribution in [1.82, 2.24) is 34.4 Å². The molecule has 9 heteroatoms. The lowest BCUT2D eigenvalue weighted by atomic mass is 9.93. The van der Waals surface area contributed by atoms with E-state index in [0.29, 0.717) is 38.3 Å². The number of rotatable bonds is 9. The van der Waals surface area contributed by atoms with Crippen LogP contribution >= 0.6 is 0 Å². The highest BCUT2D eigenvalue weighted by atomic mass is 16.2. The number of piperidine rings is 1. The van der Waals surface area contributed by atoms with Crippen molar-refractivity contribution in [3.63, 3.8) is 0 Å². The first kappa shape index (κ1) is 23.7. The Bertz CT molecular complexity index is 1160. The third kappa shape index (κ3) is 5.35. The molecule has 0 saturated carbocycles. The van der Waals surface area contributed by atoms with E-state index in [9.17, 15) is 9.59 Å². The van der Waals surface area contributed by atoms with Crippen molar-refractivity contribution in [2.75, 3.05) is 19.6 Å². The minimum absolute atomic E-state index is 0.00582. The molecule has 1 fully saturated rings. The Morgan fingerprint density at radius 1 is 1.24 bits per heavy atom. The van der Waals surface area contributed by atoms with Gasteiger partial charge in [-0.15, -0.1) is 6.58 Å². The van der Waals surface area contributed by atoms with Crippen molar-refractivity contribution in [1.29, 1.82) is 0 Å². The molecule has 180 valence electrons. The van der Waals surface area contributed by atoms with Crippen molar-refractivity contribution < 1.29 is 9.59 Å². The standard InChI is InChI=1S/C25H33N7O2/c1-4-10-27-24(33)6-5-21-18(2)28-23-16-22(29-32(23)19(21)3)20-7-13-31(14-8-20)25(34)9-12-30-15-11-26-17-30/h4,11,15-17,20H,1,5-10,12-14H2,2-3H3,(H,27,33). The second-order valence-electron chi connectivity index (χ2n) is 8.90. The number of fused-ring (bicyclic) bond motifs is 1. The summed E-state index contributed by atoms with van der Waals surface area (Å²) in [5.74, 6) is 0.510. The van der Waals surface area contributed by atoms with Crippen LogP contribution in [0.25, 0.3) is 5.65 Å². The first-order valence-electron chi connectivity index (χ1n) is 11.9. The summed E-state index contributed by atoms with van der Waals surface area (Å²) in [6.07, 6.45) is 10.3. The first-order chi connectivity index (χ1) is 16.5. The Kier molecular flexibility index (Phi) is 7.40. The van der Waals surface area contributed by atoms with Crippen LogP contribution in [0.1, 0.15) is 54.2 Å². The number of amides is 2. The summed E-state index contributed by atoms with van der Waals surface area (Å²) in [7, 11) is 0. The smallest absolute Gasteiger partial charge is 0.224 e. The SMILES string of the molecule is C=CCNC(=O)CCc1c(C)nc2cc(C3CCN(C(=O)CCn4ccnc4)CC3)nn2c1C. The van der Waals surface area contributed by atoms with E-state index in [1.807, 2.05) is 34.0 Å². The van der Waals surface area contributed by atoms with Gasteiger partial charge in [-0.3, -0.25) is 9.59 Å². The highest BCUT2D eigenvalue weighted by molar-refractivity contribution is 5.76. The van der Waals surface area contributed by atoms with Crippen LogP contribution in [0.5, 0.6) is 0 Å². The summed E-state index contributed by atoms with van der Waals surface area (Å²) < 4.78 is 3.84. The molecule has 1 aliphatic heterocycles. The van der Waals surface area contributed by atoms with Gasteiger partial charge < -0.3 is 14.8 Å². The van der Waals surface area contributed by atoms with E-state index in [2.05, 4.69) is 22.9 Å². The zero-order valence-electron chi connectivity index (χ0n) is 20.0. The molecule has 9 nitrogen and oxygen atoms in total. The fourth-order valence-corrected chi connectivity index (χ4v) is 4.65. The monoisotopic (exact) mass is 463 g/mol. The Morgan fingerprint density at radius 3 is 2.74 bits per heavy atom. The quantitative estimate of drug-likeness (QED) is 0.492. The van der Waals surface area contributed by atoms with E-state index in [-0.39, 0.29) is 11.8 Å². The van der Waals surface area contributed by atoms with Gasteiger partial charge in [0.15, 0.2) is 5.65 Å². The van der Waals surface area contributed by atoms with Gasteiger partial charge in [-0.2, -0.15) is 5.10 Å². The van der Waals surface area contributed by atoms with Crippen LogP contribution < -0.4 is 5.32 Å². The third-order valence-corrected chi connectivity index (χ3v) is 6.64. The van der Waals surface area contributed by atoms with E-state index < -0.39 is 0 Å². The Balaban J connectivity index is 1.38. The fourth-order valence-electron chi connectivity index (χ4n) is 4.65. The molecule has 0 atom stereocenters. The second-order valence-corrected chi connectivity index (χ2v) is 8.90. The average molecular weight is 464 g/mol. The molecule has 4 heterocycles. The normalized spacial score (nSPS) is 14.5. The van der Waals surface area contributed by atoms with Gasteiger partial charge in [0.2, 0.25) is 11.8 Å². The molecule has 1 aliphatic rings. The summed E-state index contributed by atoms with van der Waals surface area (Å²) >= 11 is 0. The van der Waals surface area contributed by atoms with Gasteiger partial charge in [-0.1, -0.05) is 6.08 Å². The van der Waals surface area contributed by atoms with Crippen LogP contribution in [-0.2, 0) is 22.6 Å². The summed E-state index contributed by atoms with van der Waals surface area (Å²) in [6.45, 7) is 10.3. The van der Waals surface area contributed by atoms with E-state index in [0.717, 1.165) is 54.2 Å². The Morgan fingerprint density at radius 2 is 2.03 bits per heavy atom. The Labute approximate surface area is 199 Å². The maximum Gasteiger partial charge on any atom is 0.224 e. The number of nitrogens with zero attached hydrogens (tertiary/aromatic N) is 6. The lowest BCUT2D eigenvalue weighted by Crippen LogP contribution is -2.38. The van der Waals surface area contributed by atoms with Crippen molar-refractivity contribution >= 4 is 17.5 Å². The molecule has 4 rings (SSSR count). The lowest BCUT2D eigenvalue weighted by Gasteiger charge is -2.31. The maximum absolute atomic E-state index is 12.6. The third-order valence-electron chi connectivity index (χ3n) is 6.64. The number of aryl methyl sites for hydroxylation is 3. The van der Waals surface area contributed by atoms with Crippen molar-refractivity contribution in [2.45, 2.75) is 58.4 Å². The molecule has 1 N–H and O–H groups in total. The van der Waals surface area contributed by atoms with Gasteiger partial charge in [0.05, 0.1) is 12.0 Å². The first-order valence-corrected chi connectivity index (χ1v) is 11.9. The molecular weight excluding hydrogens is 430 g/mol. The summed E-state index contributed by atoms with van der Waals surface area (Å²) in [6, 6.07) is 2.07. The predicted octanol–water partition coefficient (Wildman–Crippen LogP) is 2.57. The average Bonchev–Trinajstić information content (AvgIpc) is 3.51. The molecule has 0 unspecified atom stereocenters. The lowest BCUT2D eigenvalue weighted by molar-refractivity contribution is -0.132. The molecule has 1 saturated heterocycles. The number of likely N-dealkylation sites (tertiary alicyclic amines) is 1. The topological polar surface area (TPSA) is 97.4 Å². The van der Waals surface area contributed by atoms with Crippen molar-refractivity contribution in [3.05, 3.63) is 60.1 Å². The van der Waals surface area contributed by atoms with E-state index in [4.69, 9.17) is 10.1 Å². The molecule has 2 amide bonds. The predicted molar refractivity (Wildman–Crippen MR) is 129 cm³/mol. The second kappa shape index (κ2) is 10.6. The molecule has 34 heavy (non-hydrogen) atoms. The molecule has 0 spiro atoms. The largest absolute Gasteiger partial charge is 0.353 e. The van der Waals surface area contributed by atoms with E-state index >= 15 is 0 Å². The van der Waals surface area contributed by atoms with Crippen LogP contribution in [0.2, 0.25) is 0 Å². The van der Waals surface area contributed by atoms with Gasteiger partial charge >= 0.3 is 0 Å².